The SMILES string of the molecule is CC1CCC(C(C)C)C(OC(=O)C2CC2CCl)C1. The zero-order valence-corrected chi connectivity index (χ0v) is 12.5. The zero-order chi connectivity index (χ0) is 13.3. The maximum Gasteiger partial charge on any atom is 0.309 e. The van der Waals surface area contributed by atoms with Crippen LogP contribution < -0.4 is 0 Å². The first-order valence-corrected chi connectivity index (χ1v) is 7.82. The van der Waals surface area contributed by atoms with Crippen molar-refractivity contribution in [1.29, 1.82) is 0 Å². The Kier molecular flexibility index (Phi) is 4.58. The van der Waals surface area contributed by atoms with Crippen LogP contribution in [-0.4, -0.2) is 18.0 Å². The van der Waals surface area contributed by atoms with E-state index in [-0.39, 0.29) is 18.0 Å². The molecule has 2 nitrogen and oxygen atoms in total. The third-order valence-electron chi connectivity index (χ3n) is 4.65. The lowest BCUT2D eigenvalue weighted by Gasteiger charge is -2.36. The molecule has 0 aromatic heterocycles. The second kappa shape index (κ2) is 5.81. The van der Waals surface area contributed by atoms with Gasteiger partial charge in [-0.1, -0.05) is 27.2 Å². The third kappa shape index (κ3) is 3.20. The minimum absolute atomic E-state index is 0.00500. The van der Waals surface area contributed by atoms with Gasteiger partial charge in [0.15, 0.2) is 0 Å². The van der Waals surface area contributed by atoms with E-state index in [1.54, 1.807) is 0 Å². The number of hydrogen-bond donors (Lipinski definition) is 0. The van der Waals surface area contributed by atoms with Crippen molar-refractivity contribution in [2.24, 2.45) is 29.6 Å². The van der Waals surface area contributed by atoms with Crippen LogP contribution in [0.15, 0.2) is 0 Å². The van der Waals surface area contributed by atoms with Crippen molar-refractivity contribution in [2.45, 2.75) is 52.6 Å². The highest BCUT2D eigenvalue weighted by Crippen LogP contribution is 2.42. The molecule has 3 heteroatoms. The van der Waals surface area contributed by atoms with Crippen LogP contribution in [-0.2, 0) is 9.53 Å². The number of rotatable bonds is 4. The zero-order valence-electron chi connectivity index (χ0n) is 11.7. The summed E-state index contributed by atoms with van der Waals surface area (Å²) < 4.78 is 5.79. The summed E-state index contributed by atoms with van der Waals surface area (Å²) >= 11 is 5.78. The van der Waals surface area contributed by atoms with Crippen molar-refractivity contribution in [3.05, 3.63) is 0 Å². The first-order valence-electron chi connectivity index (χ1n) is 7.29. The monoisotopic (exact) mass is 272 g/mol. The summed E-state index contributed by atoms with van der Waals surface area (Å²) in [5, 5.41) is 0. The van der Waals surface area contributed by atoms with Gasteiger partial charge >= 0.3 is 5.97 Å². The number of alkyl halides is 1. The molecule has 0 heterocycles. The van der Waals surface area contributed by atoms with E-state index in [0.717, 1.165) is 12.8 Å². The smallest absolute Gasteiger partial charge is 0.309 e. The van der Waals surface area contributed by atoms with Gasteiger partial charge in [-0.15, -0.1) is 11.6 Å². The maximum atomic E-state index is 12.0. The fraction of sp³-hybridized carbons (Fsp3) is 0.933. The predicted molar refractivity (Wildman–Crippen MR) is 73.5 cm³/mol. The number of ether oxygens (including phenoxy) is 1. The van der Waals surface area contributed by atoms with Crippen molar-refractivity contribution in [3.63, 3.8) is 0 Å². The average molecular weight is 273 g/mol. The Labute approximate surface area is 115 Å². The van der Waals surface area contributed by atoms with Crippen LogP contribution in [0.2, 0.25) is 0 Å². The number of esters is 1. The van der Waals surface area contributed by atoms with Crippen LogP contribution in [0, 0.1) is 29.6 Å². The minimum Gasteiger partial charge on any atom is -0.462 e. The highest BCUT2D eigenvalue weighted by atomic mass is 35.5. The topological polar surface area (TPSA) is 26.3 Å². The quantitative estimate of drug-likeness (QED) is 0.574. The van der Waals surface area contributed by atoms with Gasteiger partial charge < -0.3 is 4.74 Å². The van der Waals surface area contributed by atoms with E-state index in [1.165, 1.54) is 12.8 Å². The van der Waals surface area contributed by atoms with Crippen LogP contribution in [0.4, 0.5) is 0 Å². The summed E-state index contributed by atoms with van der Waals surface area (Å²) in [6.07, 6.45) is 4.56. The highest BCUT2D eigenvalue weighted by molar-refractivity contribution is 6.18. The molecule has 2 saturated carbocycles. The van der Waals surface area contributed by atoms with E-state index in [2.05, 4.69) is 20.8 Å². The second-order valence-corrected chi connectivity index (χ2v) is 6.87. The van der Waals surface area contributed by atoms with E-state index in [1.807, 2.05) is 0 Å². The lowest BCUT2D eigenvalue weighted by Crippen LogP contribution is -2.36. The molecular formula is C15H25ClO2. The first kappa shape index (κ1) is 14.2. The molecule has 0 N–H and O–H groups in total. The summed E-state index contributed by atoms with van der Waals surface area (Å²) in [7, 11) is 0. The molecule has 2 aliphatic rings. The van der Waals surface area contributed by atoms with Gasteiger partial charge in [0.25, 0.3) is 0 Å². The molecule has 0 spiro atoms. The number of hydrogen-bond acceptors (Lipinski definition) is 2. The van der Waals surface area contributed by atoms with Crippen LogP contribution in [0.25, 0.3) is 0 Å². The summed E-state index contributed by atoms with van der Waals surface area (Å²) in [4.78, 5) is 12.0. The molecule has 0 aromatic carbocycles. The van der Waals surface area contributed by atoms with E-state index in [9.17, 15) is 4.79 Å². The van der Waals surface area contributed by atoms with E-state index < -0.39 is 0 Å². The van der Waals surface area contributed by atoms with Crippen molar-refractivity contribution in [1.82, 2.24) is 0 Å². The van der Waals surface area contributed by atoms with Crippen LogP contribution in [0.3, 0.4) is 0 Å². The van der Waals surface area contributed by atoms with Crippen LogP contribution in [0.1, 0.15) is 46.5 Å². The molecule has 0 amide bonds. The van der Waals surface area contributed by atoms with Crippen molar-refractivity contribution >= 4 is 17.6 Å². The van der Waals surface area contributed by atoms with E-state index in [4.69, 9.17) is 16.3 Å². The molecule has 0 aromatic rings. The van der Waals surface area contributed by atoms with Gasteiger partial charge in [0.05, 0.1) is 5.92 Å². The third-order valence-corrected chi connectivity index (χ3v) is 5.05. The summed E-state index contributed by atoms with van der Waals surface area (Å²) in [5.41, 5.74) is 0. The first-order chi connectivity index (χ1) is 8.52. The molecule has 2 rings (SSSR count). The Morgan fingerprint density at radius 2 is 2.06 bits per heavy atom. The Balaban J connectivity index is 1.90. The molecule has 0 bridgehead atoms. The lowest BCUT2D eigenvalue weighted by atomic mass is 9.75. The Morgan fingerprint density at radius 3 is 2.61 bits per heavy atom. The predicted octanol–water partition coefficient (Wildman–Crippen LogP) is 3.87. The maximum absolute atomic E-state index is 12.0. The second-order valence-electron chi connectivity index (χ2n) is 6.56. The van der Waals surface area contributed by atoms with Crippen molar-refractivity contribution < 1.29 is 9.53 Å². The van der Waals surface area contributed by atoms with E-state index >= 15 is 0 Å². The highest BCUT2D eigenvalue weighted by Gasteiger charge is 2.45. The van der Waals surface area contributed by atoms with E-state index in [0.29, 0.717) is 29.6 Å². The number of carbonyl (C=O) groups excluding carboxylic acids is 1. The summed E-state index contributed by atoms with van der Waals surface area (Å²) in [6.45, 7) is 6.73. The molecule has 0 aliphatic heterocycles. The molecular weight excluding hydrogens is 248 g/mol. The molecule has 5 unspecified atom stereocenters. The van der Waals surface area contributed by atoms with Crippen LogP contribution >= 0.6 is 11.6 Å². The van der Waals surface area contributed by atoms with Gasteiger partial charge in [0.1, 0.15) is 6.10 Å². The molecule has 104 valence electrons. The van der Waals surface area contributed by atoms with Gasteiger partial charge in [-0.05, 0) is 42.9 Å². The molecule has 5 atom stereocenters. The number of halogens is 1. The van der Waals surface area contributed by atoms with Crippen LogP contribution in [0.5, 0.6) is 0 Å². The minimum atomic E-state index is 0.00500. The van der Waals surface area contributed by atoms with Gasteiger partial charge in [-0.2, -0.15) is 0 Å². The molecule has 2 fully saturated rings. The Bertz CT molecular complexity index is 303. The van der Waals surface area contributed by atoms with Gasteiger partial charge in [0.2, 0.25) is 0 Å². The summed E-state index contributed by atoms with van der Waals surface area (Å²) in [6, 6.07) is 0. The lowest BCUT2D eigenvalue weighted by molar-refractivity contribution is -0.157. The Morgan fingerprint density at radius 1 is 1.33 bits per heavy atom. The fourth-order valence-corrected chi connectivity index (χ4v) is 3.53. The van der Waals surface area contributed by atoms with Gasteiger partial charge in [-0.3, -0.25) is 4.79 Å². The Hall–Kier alpha value is -0.240. The van der Waals surface area contributed by atoms with Gasteiger partial charge in [0, 0.05) is 5.88 Å². The molecule has 0 saturated heterocycles. The van der Waals surface area contributed by atoms with Gasteiger partial charge in [-0.25, -0.2) is 0 Å². The average Bonchev–Trinajstić information content (AvgIpc) is 3.07. The fourth-order valence-electron chi connectivity index (χ4n) is 3.19. The standard InChI is InChI=1S/C15H25ClO2/c1-9(2)12-5-4-10(3)6-14(12)18-15(17)13-7-11(13)8-16/h9-14H,4-8H2,1-3H3. The largest absolute Gasteiger partial charge is 0.462 e. The molecule has 18 heavy (non-hydrogen) atoms. The molecule has 2 aliphatic carbocycles. The normalized spacial score (nSPS) is 39.7. The van der Waals surface area contributed by atoms with Crippen molar-refractivity contribution in [2.75, 3.05) is 5.88 Å². The number of carbonyl (C=O) groups is 1. The van der Waals surface area contributed by atoms with Crippen molar-refractivity contribution in [3.8, 4) is 0 Å². The molecule has 0 radical (unpaired) electrons. The summed E-state index contributed by atoms with van der Waals surface area (Å²) in [5.74, 6) is 2.88.